The predicted octanol–water partition coefficient (Wildman–Crippen LogP) is 0.745. The van der Waals surface area contributed by atoms with Gasteiger partial charge in [0, 0.05) is 30.4 Å². The van der Waals surface area contributed by atoms with Crippen molar-refractivity contribution < 1.29 is 14.3 Å². The molecule has 0 saturated heterocycles. The van der Waals surface area contributed by atoms with Gasteiger partial charge in [0.1, 0.15) is 23.4 Å². The zero-order chi connectivity index (χ0) is 20.1. The van der Waals surface area contributed by atoms with E-state index in [1.807, 2.05) is 0 Å². The molecule has 1 aromatic carbocycles. The van der Waals surface area contributed by atoms with E-state index >= 15 is 0 Å². The van der Waals surface area contributed by atoms with Crippen LogP contribution in [0.2, 0.25) is 0 Å². The molecule has 11 nitrogen and oxygen atoms in total. The second kappa shape index (κ2) is 8.39. The summed E-state index contributed by atoms with van der Waals surface area (Å²) in [6.45, 7) is 1.13. The van der Waals surface area contributed by atoms with Gasteiger partial charge in [-0.05, 0) is 13.0 Å². The molecule has 28 heavy (non-hydrogen) atoms. The maximum atomic E-state index is 12.1. The van der Waals surface area contributed by atoms with Gasteiger partial charge >= 0.3 is 0 Å². The van der Waals surface area contributed by atoms with Crippen molar-refractivity contribution in [2.24, 2.45) is 11.5 Å². The minimum Gasteiger partial charge on any atom is -0.497 e. The summed E-state index contributed by atoms with van der Waals surface area (Å²) in [5, 5.41) is 14.1. The highest BCUT2D eigenvalue weighted by molar-refractivity contribution is 6.04. The molecule has 2 heterocycles. The molecular formula is C17H22N8O3. The minimum absolute atomic E-state index is 0.115. The van der Waals surface area contributed by atoms with Gasteiger partial charge in [0.15, 0.2) is 11.5 Å². The Balaban J connectivity index is 2.08. The molecule has 0 aliphatic rings. The zero-order valence-electron chi connectivity index (χ0n) is 15.6. The fourth-order valence-electron chi connectivity index (χ4n) is 2.64. The zero-order valence-corrected chi connectivity index (χ0v) is 15.6. The molecule has 0 saturated carbocycles. The minimum atomic E-state index is -0.684. The van der Waals surface area contributed by atoms with Crippen LogP contribution in [0.4, 0.5) is 17.5 Å². The van der Waals surface area contributed by atoms with Crippen LogP contribution >= 0.6 is 0 Å². The van der Waals surface area contributed by atoms with Crippen LogP contribution in [0.3, 0.4) is 0 Å². The Bertz CT molecular complexity index is 966. The van der Waals surface area contributed by atoms with Gasteiger partial charge in [0.05, 0.1) is 14.2 Å². The average molecular weight is 386 g/mol. The first-order valence-corrected chi connectivity index (χ1v) is 8.55. The van der Waals surface area contributed by atoms with E-state index in [1.165, 1.54) is 6.33 Å². The van der Waals surface area contributed by atoms with Gasteiger partial charge in [-0.3, -0.25) is 9.20 Å². The number of methoxy groups -OCH3 is 2. The smallest absolute Gasteiger partial charge is 0.256 e. The second-order valence-electron chi connectivity index (χ2n) is 5.84. The number of ether oxygens (including phenoxy) is 2. The number of carbonyl (C=O) groups excluding carboxylic acids is 1. The summed E-state index contributed by atoms with van der Waals surface area (Å²) in [7, 11) is 3.10. The third kappa shape index (κ3) is 3.88. The number of benzene rings is 1. The Morgan fingerprint density at radius 3 is 2.54 bits per heavy atom. The highest BCUT2D eigenvalue weighted by Crippen LogP contribution is 2.30. The number of fused-ring (bicyclic) bond motifs is 1. The number of amides is 1. The Labute approximate surface area is 161 Å². The van der Waals surface area contributed by atoms with E-state index in [-0.39, 0.29) is 17.0 Å². The second-order valence-corrected chi connectivity index (χ2v) is 5.84. The molecule has 6 N–H and O–H groups in total. The normalized spacial score (nSPS) is 10.7. The summed E-state index contributed by atoms with van der Waals surface area (Å²) in [4.78, 5) is 16.6. The molecule has 0 bridgehead atoms. The maximum absolute atomic E-state index is 12.1. The molecule has 11 heteroatoms. The summed E-state index contributed by atoms with van der Waals surface area (Å²) in [5.41, 5.74) is 12.1. The van der Waals surface area contributed by atoms with Gasteiger partial charge in [0.25, 0.3) is 5.91 Å². The van der Waals surface area contributed by atoms with Crippen molar-refractivity contribution >= 4 is 29.0 Å². The monoisotopic (exact) mass is 386 g/mol. The average Bonchev–Trinajstić information content (AvgIpc) is 3.17. The molecule has 0 fully saturated rings. The van der Waals surface area contributed by atoms with E-state index in [4.69, 9.17) is 20.9 Å². The largest absolute Gasteiger partial charge is 0.497 e. The van der Waals surface area contributed by atoms with Crippen molar-refractivity contribution in [1.29, 1.82) is 0 Å². The van der Waals surface area contributed by atoms with E-state index < -0.39 is 5.91 Å². The number of rotatable bonds is 9. The molecule has 0 aliphatic heterocycles. The Morgan fingerprint density at radius 1 is 1.21 bits per heavy atom. The van der Waals surface area contributed by atoms with Crippen LogP contribution in [-0.2, 0) is 0 Å². The summed E-state index contributed by atoms with van der Waals surface area (Å²) in [6.07, 6.45) is 2.20. The van der Waals surface area contributed by atoms with Gasteiger partial charge < -0.3 is 31.6 Å². The first-order valence-electron chi connectivity index (χ1n) is 8.55. The molecule has 0 radical (unpaired) electrons. The standard InChI is InChI=1S/C17H22N8O3/c1-27-11-6-10(7-12(8-11)28-2)22-15-13(14(19)26)16-24-21-9-25(16)17(23-15)20-5-3-4-18/h6-9,22H,3-5,18H2,1-2H3,(H2,19,26)(H,20,23). The Morgan fingerprint density at radius 2 is 1.93 bits per heavy atom. The van der Waals surface area contributed by atoms with Gasteiger partial charge in [-0.25, -0.2) is 0 Å². The molecule has 1 amide bonds. The molecule has 0 unspecified atom stereocenters. The van der Waals surface area contributed by atoms with Crippen LogP contribution in [-0.4, -0.2) is 52.8 Å². The molecular weight excluding hydrogens is 364 g/mol. The van der Waals surface area contributed by atoms with Crippen LogP contribution in [0.15, 0.2) is 24.5 Å². The highest BCUT2D eigenvalue weighted by atomic mass is 16.5. The van der Waals surface area contributed by atoms with Crippen LogP contribution in [0, 0.1) is 0 Å². The molecule has 0 aliphatic carbocycles. The first-order chi connectivity index (χ1) is 13.6. The summed E-state index contributed by atoms with van der Waals surface area (Å²) in [5.74, 6) is 1.16. The molecule has 0 spiro atoms. The fraction of sp³-hybridized carbons (Fsp3) is 0.294. The van der Waals surface area contributed by atoms with Gasteiger partial charge in [-0.1, -0.05) is 0 Å². The molecule has 3 rings (SSSR count). The number of hydrogen-bond acceptors (Lipinski definition) is 9. The van der Waals surface area contributed by atoms with Crippen molar-refractivity contribution in [3.8, 4) is 11.5 Å². The van der Waals surface area contributed by atoms with Crippen molar-refractivity contribution in [2.75, 3.05) is 37.9 Å². The summed E-state index contributed by atoms with van der Waals surface area (Å²) >= 11 is 0. The van der Waals surface area contributed by atoms with Crippen molar-refractivity contribution in [2.45, 2.75) is 6.42 Å². The molecule has 3 aromatic rings. The molecule has 0 atom stereocenters. The molecule has 2 aromatic heterocycles. The summed E-state index contributed by atoms with van der Waals surface area (Å²) < 4.78 is 12.1. The van der Waals surface area contributed by atoms with E-state index in [9.17, 15) is 4.79 Å². The lowest BCUT2D eigenvalue weighted by molar-refractivity contribution is 0.100. The van der Waals surface area contributed by atoms with Crippen LogP contribution in [0.5, 0.6) is 11.5 Å². The van der Waals surface area contributed by atoms with Crippen molar-refractivity contribution in [3.63, 3.8) is 0 Å². The number of nitrogens with zero attached hydrogens (tertiary/aromatic N) is 4. The third-order valence-corrected chi connectivity index (χ3v) is 3.98. The predicted molar refractivity (Wildman–Crippen MR) is 104 cm³/mol. The number of hydrogen-bond donors (Lipinski definition) is 4. The van der Waals surface area contributed by atoms with Gasteiger partial charge in [-0.15, -0.1) is 10.2 Å². The number of carbonyl (C=O) groups is 1. The summed E-state index contributed by atoms with van der Waals surface area (Å²) in [6, 6.07) is 5.21. The van der Waals surface area contributed by atoms with Gasteiger partial charge in [-0.2, -0.15) is 4.98 Å². The van der Waals surface area contributed by atoms with Crippen molar-refractivity contribution in [3.05, 3.63) is 30.1 Å². The Hall–Kier alpha value is -3.60. The van der Waals surface area contributed by atoms with E-state index in [1.54, 1.807) is 36.8 Å². The fourth-order valence-corrected chi connectivity index (χ4v) is 2.64. The van der Waals surface area contributed by atoms with E-state index in [2.05, 4.69) is 25.8 Å². The number of primary amides is 1. The van der Waals surface area contributed by atoms with E-state index in [0.29, 0.717) is 36.2 Å². The van der Waals surface area contributed by atoms with Crippen LogP contribution < -0.4 is 31.6 Å². The SMILES string of the molecule is COc1cc(Nc2nc(NCCCN)n3cnnc3c2C(N)=O)cc(OC)c1. The van der Waals surface area contributed by atoms with Gasteiger partial charge in [0.2, 0.25) is 5.95 Å². The Kier molecular flexibility index (Phi) is 5.75. The lowest BCUT2D eigenvalue weighted by Gasteiger charge is -2.15. The van der Waals surface area contributed by atoms with Crippen LogP contribution in [0.25, 0.3) is 5.65 Å². The highest BCUT2D eigenvalue weighted by Gasteiger charge is 2.20. The van der Waals surface area contributed by atoms with E-state index in [0.717, 1.165) is 6.42 Å². The molecule has 148 valence electrons. The quantitative estimate of drug-likeness (QED) is 0.390. The van der Waals surface area contributed by atoms with Crippen LogP contribution in [0.1, 0.15) is 16.8 Å². The number of anilines is 3. The maximum Gasteiger partial charge on any atom is 0.256 e. The number of nitrogens with two attached hydrogens (primary N) is 2. The lowest BCUT2D eigenvalue weighted by Crippen LogP contribution is -2.19. The number of aromatic nitrogens is 4. The van der Waals surface area contributed by atoms with Crippen molar-refractivity contribution in [1.82, 2.24) is 19.6 Å². The number of nitrogens with one attached hydrogen (secondary N) is 2. The lowest BCUT2D eigenvalue weighted by atomic mass is 10.2. The topological polar surface area (TPSA) is 155 Å². The first kappa shape index (κ1) is 19.2. The third-order valence-electron chi connectivity index (χ3n) is 3.98.